The number of hydrogen-bond acceptors (Lipinski definition) is 3. The zero-order valence-electron chi connectivity index (χ0n) is 21.9. The maximum absolute atomic E-state index is 9.98. The number of nitrogens with zero attached hydrogens (tertiary/aromatic N) is 1. The second-order valence-corrected chi connectivity index (χ2v) is 9.68. The highest BCUT2D eigenvalue weighted by molar-refractivity contribution is 6.58. The van der Waals surface area contributed by atoms with Crippen LogP contribution in [0.4, 0.5) is 17.1 Å². The van der Waals surface area contributed by atoms with E-state index in [0.29, 0.717) is 5.46 Å². The van der Waals surface area contributed by atoms with Crippen LogP contribution in [0.15, 0.2) is 158 Å². The van der Waals surface area contributed by atoms with Gasteiger partial charge in [0.1, 0.15) is 0 Å². The Morgan fingerprint density at radius 1 is 0.400 bits per heavy atom. The fourth-order valence-electron chi connectivity index (χ4n) is 5.05. The third-order valence-corrected chi connectivity index (χ3v) is 7.11. The molecule has 40 heavy (non-hydrogen) atoms. The summed E-state index contributed by atoms with van der Waals surface area (Å²) in [6, 6.07) is 53.5. The third-order valence-electron chi connectivity index (χ3n) is 7.11. The van der Waals surface area contributed by atoms with Gasteiger partial charge in [0.15, 0.2) is 0 Å². The van der Waals surface area contributed by atoms with Crippen molar-refractivity contribution in [2.75, 3.05) is 4.90 Å². The largest absolute Gasteiger partial charge is 0.488 e. The van der Waals surface area contributed by atoms with Gasteiger partial charge in [-0.3, -0.25) is 0 Å². The number of benzene rings is 6. The lowest BCUT2D eigenvalue weighted by Gasteiger charge is -2.28. The summed E-state index contributed by atoms with van der Waals surface area (Å²) in [5.74, 6) is 0. The van der Waals surface area contributed by atoms with E-state index in [9.17, 15) is 10.0 Å². The van der Waals surface area contributed by atoms with Crippen molar-refractivity contribution in [3.05, 3.63) is 158 Å². The van der Waals surface area contributed by atoms with Gasteiger partial charge >= 0.3 is 7.12 Å². The Morgan fingerprint density at radius 2 is 0.800 bits per heavy atom. The van der Waals surface area contributed by atoms with E-state index >= 15 is 0 Å². The highest BCUT2D eigenvalue weighted by Gasteiger charge is 2.20. The molecule has 0 bridgehead atoms. The monoisotopic (exact) mass is 517 g/mol. The molecular weight excluding hydrogens is 489 g/mol. The summed E-state index contributed by atoms with van der Waals surface area (Å²) in [4.78, 5) is 2.22. The predicted octanol–water partition coefficient (Wildman–Crippen LogP) is 7.84. The van der Waals surface area contributed by atoms with Crippen LogP contribution in [-0.4, -0.2) is 17.2 Å². The van der Waals surface area contributed by atoms with Crippen molar-refractivity contribution in [2.45, 2.75) is 0 Å². The molecule has 6 aromatic carbocycles. The smallest absolute Gasteiger partial charge is 0.423 e. The normalized spacial score (nSPS) is 10.8. The molecule has 6 rings (SSSR count). The van der Waals surface area contributed by atoms with Crippen molar-refractivity contribution in [2.24, 2.45) is 0 Å². The Kier molecular flexibility index (Phi) is 7.27. The first-order chi connectivity index (χ1) is 19.7. The van der Waals surface area contributed by atoms with Crippen LogP contribution in [0.25, 0.3) is 33.4 Å². The van der Waals surface area contributed by atoms with Gasteiger partial charge in [-0.05, 0) is 63.6 Å². The van der Waals surface area contributed by atoms with Crippen LogP contribution >= 0.6 is 0 Å². The lowest BCUT2D eigenvalue weighted by atomic mass is 9.78. The Bertz CT molecular complexity index is 1600. The molecule has 6 aromatic rings. The van der Waals surface area contributed by atoms with E-state index in [-0.39, 0.29) is 0 Å². The van der Waals surface area contributed by atoms with Crippen molar-refractivity contribution in [3.63, 3.8) is 0 Å². The number of rotatable bonds is 7. The van der Waals surface area contributed by atoms with Gasteiger partial charge in [0, 0.05) is 16.9 Å². The summed E-state index contributed by atoms with van der Waals surface area (Å²) < 4.78 is 0. The van der Waals surface area contributed by atoms with Gasteiger partial charge in [-0.1, -0.05) is 127 Å². The quantitative estimate of drug-likeness (QED) is 0.212. The Morgan fingerprint density at radius 3 is 1.23 bits per heavy atom. The SMILES string of the molecule is OB(O)c1ccc(N(c2ccc(-c3ccccc3)cc2)c2ccc(-c3ccccc3)cc2)c(-c2ccccc2)c1. The summed E-state index contributed by atoms with van der Waals surface area (Å²) in [6.07, 6.45) is 0. The topological polar surface area (TPSA) is 43.7 Å². The molecule has 2 N–H and O–H groups in total. The summed E-state index contributed by atoms with van der Waals surface area (Å²) in [7, 11) is -1.56. The van der Waals surface area contributed by atoms with Gasteiger partial charge in [-0.15, -0.1) is 0 Å². The average molecular weight is 517 g/mol. The molecule has 0 spiro atoms. The fourth-order valence-corrected chi connectivity index (χ4v) is 5.05. The molecule has 0 radical (unpaired) electrons. The van der Waals surface area contributed by atoms with Crippen LogP contribution in [0.3, 0.4) is 0 Å². The fraction of sp³-hybridized carbons (Fsp3) is 0. The molecule has 0 aromatic heterocycles. The molecule has 192 valence electrons. The second kappa shape index (κ2) is 11.5. The van der Waals surface area contributed by atoms with Gasteiger partial charge in [-0.25, -0.2) is 0 Å². The number of hydrogen-bond donors (Lipinski definition) is 2. The molecule has 0 saturated carbocycles. The van der Waals surface area contributed by atoms with E-state index in [4.69, 9.17) is 0 Å². The van der Waals surface area contributed by atoms with E-state index < -0.39 is 7.12 Å². The van der Waals surface area contributed by atoms with Crippen LogP contribution in [-0.2, 0) is 0 Å². The molecule has 0 saturated heterocycles. The maximum Gasteiger partial charge on any atom is 0.488 e. The highest BCUT2D eigenvalue weighted by atomic mass is 16.4. The van der Waals surface area contributed by atoms with Crippen molar-refractivity contribution in [1.82, 2.24) is 0 Å². The van der Waals surface area contributed by atoms with Crippen molar-refractivity contribution in [3.8, 4) is 33.4 Å². The van der Waals surface area contributed by atoms with E-state index in [1.54, 1.807) is 6.07 Å². The van der Waals surface area contributed by atoms with E-state index in [0.717, 1.165) is 39.3 Å². The average Bonchev–Trinajstić information content (AvgIpc) is 3.03. The maximum atomic E-state index is 9.98. The highest BCUT2D eigenvalue weighted by Crippen LogP contribution is 2.41. The van der Waals surface area contributed by atoms with Gasteiger partial charge < -0.3 is 14.9 Å². The van der Waals surface area contributed by atoms with Gasteiger partial charge in [0.25, 0.3) is 0 Å². The first-order valence-electron chi connectivity index (χ1n) is 13.3. The van der Waals surface area contributed by atoms with Gasteiger partial charge in [0.05, 0.1) is 5.69 Å². The molecule has 4 heteroatoms. The lowest BCUT2D eigenvalue weighted by Crippen LogP contribution is -2.30. The molecule has 0 unspecified atom stereocenters. The van der Waals surface area contributed by atoms with E-state index in [2.05, 4.69) is 77.7 Å². The van der Waals surface area contributed by atoms with E-state index in [1.165, 1.54) is 11.1 Å². The minimum atomic E-state index is -1.56. The zero-order chi connectivity index (χ0) is 27.3. The molecule has 0 aliphatic carbocycles. The van der Waals surface area contributed by atoms with Gasteiger partial charge in [-0.2, -0.15) is 0 Å². The van der Waals surface area contributed by atoms with Crippen molar-refractivity contribution >= 4 is 29.6 Å². The predicted molar refractivity (Wildman–Crippen MR) is 167 cm³/mol. The van der Waals surface area contributed by atoms with Crippen LogP contribution in [0, 0.1) is 0 Å². The first-order valence-corrected chi connectivity index (χ1v) is 13.3. The van der Waals surface area contributed by atoms with Crippen molar-refractivity contribution < 1.29 is 10.0 Å². The summed E-state index contributed by atoms with van der Waals surface area (Å²) >= 11 is 0. The molecule has 0 aliphatic rings. The molecule has 0 amide bonds. The minimum Gasteiger partial charge on any atom is -0.423 e. The van der Waals surface area contributed by atoms with Crippen LogP contribution in [0.2, 0.25) is 0 Å². The molecule has 0 fully saturated rings. The van der Waals surface area contributed by atoms with Crippen LogP contribution < -0.4 is 10.4 Å². The van der Waals surface area contributed by atoms with E-state index in [1.807, 2.05) is 78.9 Å². The zero-order valence-corrected chi connectivity index (χ0v) is 21.9. The summed E-state index contributed by atoms with van der Waals surface area (Å²) in [6.45, 7) is 0. The van der Waals surface area contributed by atoms with Gasteiger partial charge in [0.2, 0.25) is 0 Å². The lowest BCUT2D eigenvalue weighted by molar-refractivity contribution is 0.426. The summed E-state index contributed by atoms with van der Waals surface area (Å²) in [5.41, 5.74) is 9.91. The molecule has 3 nitrogen and oxygen atoms in total. The Hall–Kier alpha value is -4.90. The minimum absolute atomic E-state index is 0.446. The first kappa shape index (κ1) is 25.4. The van der Waals surface area contributed by atoms with Crippen LogP contribution in [0.5, 0.6) is 0 Å². The Balaban J connectivity index is 1.50. The third kappa shape index (κ3) is 5.32. The van der Waals surface area contributed by atoms with Crippen LogP contribution in [0.1, 0.15) is 0 Å². The molecule has 0 heterocycles. The second-order valence-electron chi connectivity index (χ2n) is 9.68. The molecule has 0 aliphatic heterocycles. The standard InChI is InChI=1S/C36H28BNO2/c39-37(40)32-20-25-36(35(26-32)31-14-8-3-9-15-31)38(33-21-16-29(17-22-33)27-10-4-1-5-11-27)34-23-18-30(19-24-34)28-12-6-2-7-13-28/h1-26,39-40H. The molecule has 0 atom stereocenters. The van der Waals surface area contributed by atoms with Crippen molar-refractivity contribution in [1.29, 1.82) is 0 Å². The summed E-state index contributed by atoms with van der Waals surface area (Å²) in [5, 5.41) is 20.0. The number of anilines is 3. The molecular formula is C36H28BNO2. The Labute approximate surface area is 235 Å².